The topological polar surface area (TPSA) is 78.9 Å². The molecule has 0 aliphatic rings. The summed E-state index contributed by atoms with van der Waals surface area (Å²) in [4.78, 5) is 12.3. The highest BCUT2D eigenvalue weighted by Gasteiger charge is 2.22. The standard InChI is InChI=1S/C19H18O6S2/c1-23-13-6-4-12(5-7-13)11-27(21,22)18-10-15-16(25-3)8-14(24-2)9-17(15)26-19(18)20/h4-10H,11H2,1-3H3. The molecular formula is C19H18O6S2. The summed E-state index contributed by atoms with van der Waals surface area (Å²) in [6.07, 6.45) is 0. The second kappa shape index (κ2) is 7.58. The lowest BCUT2D eigenvalue weighted by Crippen LogP contribution is -2.14. The summed E-state index contributed by atoms with van der Waals surface area (Å²) >= 11 is 0.856. The molecule has 8 heteroatoms. The third kappa shape index (κ3) is 3.91. The van der Waals surface area contributed by atoms with Gasteiger partial charge in [0.1, 0.15) is 22.1 Å². The largest absolute Gasteiger partial charge is 0.497 e. The van der Waals surface area contributed by atoms with Gasteiger partial charge in [-0.2, -0.15) is 0 Å². The van der Waals surface area contributed by atoms with E-state index in [2.05, 4.69) is 0 Å². The van der Waals surface area contributed by atoms with E-state index in [0.717, 1.165) is 11.3 Å². The monoisotopic (exact) mass is 406 g/mol. The van der Waals surface area contributed by atoms with Crippen molar-refractivity contribution in [2.24, 2.45) is 0 Å². The lowest BCUT2D eigenvalue weighted by Gasteiger charge is -2.10. The van der Waals surface area contributed by atoms with Crippen LogP contribution in [0.5, 0.6) is 17.2 Å². The van der Waals surface area contributed by atoms with Crippen LogP contribution in [0.4, 0.5) is 0 Å². The average molecular weight is 406 g/mol. The Balaban J connectivity index is 2.08. The Kier molecular flexibility index (Phi) is 5.38. The van der Waals surface area contributed by atoms with Crippen LogP contribution in [0.2, 0.25) is 0 Å². The van der Waals surface area contributed by atoms with Gasteiger partial charge >= 0.3 is 0 Å². The van der Waals surface area contributed by atoms with Gasteiger partial charge in [0.15, 0.2) is 9.84 Å². The Morgan fingerprint density at radius 1 is 0.889 bits per heavy atom. The molecule has 27 heavy (non-hydrogen) atoms. The van der Waals surface area contributed by atoms with Gasteiger partial charge in [0.2, 0.25) is 0 Å². The van der Waals surface area contributed by atoms with E-state index in [0.29, 0.717) is 32.9 Å². The molecule has 2 aromatic carbocycles. The van der Waals surface area contributed by atoms with Crippen LogP contribution in [-0.2, 0) is 15.6 Å². The minimum absolute atomic E-state index is 0.237. The first-order chi connectivity index (χ1) is 12.9. The van der Waals surface area contributed by atoms with Gasteiger partial charge in [-0.05, 0) is 29.8 Å². The van der Waals surface area contributed by atoms with Crippen LogP contribution in [0.3, 0.4) is 0 Å². The van der Waals surface area contributed by atoms with Gasteiger partial charge in [0.05, 0.1) is 27.1 Å². The fourth-order valence-electron chi connectivity index (χ4n) is 2.67. The van der Waals surface area contributed by atoms with Crippen molar-refractivity contribution in [3.63, 3.8) is 0 Å². The Bertz CT molecular complexity index is 1130. The predicted molar refractivity (Wildman–Crippen MR) is 105 cm³/mol. The number of hydrogen-bond acceptors (Lipinski definition) is 7. The van der Waals surface area contributed by atoms with Crippen molar-refractivity contribution in [1.29, 1.82) is 0 Å². The molecule has 142 valence electrons. The molecule has 3 rings (SSSR count). The molecule has 3 aromatic rings. The predicted octanol–water partition coefficient (Wildman–Crippen LogP) is 3.26. The Hall–Kier alpha value is -2.58. The van der Waals surface area contributed by atoms with Crippen molar-refractivity contribution in [3.05, 3.63) is 57.6 Å². The first-order valence-electron chi connectivity index (χ1n) is 7.93. The van der Waals surface area contributed by atoms with Crippen molar-refractivity contribution in [2.45, 2.75) is 10.6 Å². The summed E-state index contributed by atoms with van der Waals surface area (Å²) in [6.45, 7) is 0. The second-order valence-corrected chi connectivity index (χ2v) is 8.72. The summed E-state index contributed by atoms with van der Waals surface area (Å²) in [5, 5.41) is 0.552. The molecule has 0 spiro atoms. The van der Waals surface area contributed by atoms with E-state index in [4.69, 9.17) is 14.2 Å². The van der Waals surface area contributed by atoms with Crippen molar-refractivity contribution in [2.75, 3.05) is 21.3 Å². The lowest BCUT2D eigenvalue weighted by molar-refractivity contribution is 0.398. The molecule has 0 saturated carbocycles. The van der Waals surface area contributed by atoms with E-state index in [1.807, 2.05) is 0 Å². The third-order valence-corrected chi connectivity index (χ3v) is 6.84. The number of ether oxygens (including phenoxy) is 3. The summed E-state index contributed by atoms with van der Waals surface area (Å²) in [6, 6.07) is 11.4. The molecule has 0 radical (unpaired) electrons. The Labute approximate surface area is 160 Å². The van der Waals surface area contributed by atoms with Crippen LogP contribution >= 0.6 is 11.3 Å². The van der Waals surface area contributed by atoms with E-state index < -0.39 is 14.6 Å². The zero-order valence-electron chi connectivity index (χ0n) is 15.0. The van der Waals surface area contributed by atoms with Crippen LogP contribution < -0.4 is 19.0 Å². The van der Waals surface area contributed by atoms with E-state index in [1.165, 1.54) is 27.4 Å². The second-order valence-electron chi connectivity index (χ2n) is 5.75. The maximum atomic E-state index is 12.9. The van der Waals surface area contributed by atoms with Crippen molar-refractivity contribution >= 4 is 31.3 Å². The van der Waals surface area contributed by atoms with Crippen molar-refractivity contribution in [3.8, 4) is 17.2 Å². The summed E-state index contributed by atoms with van der Waals surface area (Å²) in [7, 11) is 0.703. The van der Waals surface area contributed by atoms with Gasteiger partial charge < -0.3 is 14.2 Å². The molecule has 0 aliphatic carbocycles. The van der Waals surface area contributed by atoms with Crippen LogP contribution in [0.15, 0.2) is 52.2 Å². The SMILES string of the molecule is COc1ccc(CS(=O)(=O)c2cc3c(OC)cc(OC)cc3sc2=O)cc1. The maximum Gasteiger partial charge on any atom is 0.251 e. The third-order valence-electron chi connectivity index (χ3n) is 4.06. The number of sulfone groups is 1. The lowest BCUT2D eigenvalue weighted by atomic mass is 10.2. The zero-order valence-corrected chi connectivity index (χ0v) is 16.6. The van der Waals surface area contributed by atoms with Crippen LogP contribution in [0.1, 0.15) is 5.56 Å². The molecular weight excluding hydrogens is 388 g/mol. The van der Waals surface area contributed by atoms with E-state index in [9.17, 15) is 13.2 Å². The first-order valence-corrected chi connectivity index (χ1v) is 10.4. The molecule has 0 fully saturated rings. The van der Waals surface area contributed by atoms with Crippen molar-refractivity contribution < 1.29 is 22.6 Å². The number of hydrogen-bond donors (Lipinski definition) is 0. The smallest absolute Gasteiger partial charge is 0.251 e. The quantitative estimate of drug-likeness (QED) is 0.625. The number of methoxy groups -OCH3 is 3. The van der Waals surface area contributed by atoms with Crippen LogP contribution in [-0.4, -0.2) is 29.7 Å². The molecule has 0 amide bonds. The Morgan fingerprint density at radius 2 is 1.56 bits per heavy atom. The Morgan fingerprint density at radius 3 is 2.15 bits per heavy atom. The first kappa shape index (κ1) is 19.2. The number of rotatable bonds is 6. The van der Waals surface area contributed by atoms with Gasteiger partial charge in [0.25, 0.3) is 4.74 Å². The average Bonchev–Trinajstić information content (AvgIpc) is 2.66. The number of benzene rings is 2. The molecule has 0 N–H and O–H groups in total. The van der Waals surface area contributed by atoms with Gasteiger partial charge in [-0.3, -0.25) is 4.79 Å². The molecule has 0 unspecified atom stereocenters. The molecule has 0 aliphatic heterocycles. The zero-order chi connectivity index (χ0) is 19.6. The highest BCUT2D eigenvalue weighted by Crippen LogP contribution is 2.33. The molecule has 1 heterocycles. The highest BCUT2D eigenvalue weighted by molar-refractivity contribution is 7.90. The van der Waals surface area contributed by atoms with Gasteiger partial charge in [-0.15, -0.1) is 0 Å². The fraction of sp³-hybridized carbons (Fsp3) is 0.211. The fourth-order valence-corrected chi connectivity index (χ4v) is 5.31. The van der Waals surface area contributed by atoms with Gasteiger partial charge in [0, 0.05) is 16.2 Å². The summed E-state index contributed by atoms with van der Waals surface area (Å²) in [5.41, 5.74) is 0.571. The van der Waals surface area contributed by atoms with E-state index in [1.54, 1.807) is 36.4 Å². The van der Waals surface area contributed by atoms with E-state index >= 15 is 0 Å². The number of fused-ring (bicyclic) bond motifs is 1. The molecule has 0 saturated heterocycles. The molecule has 6 nitrogen and oxygen atoms in total. The minimum Gasteiger partial charge on any atom is -0.497 e. The highest BCUT2D eigenvalue weighted by atomic mass is 32.2. The van der Waals surface area contributed by atoms with Crippen LogP contribution in [0, 0.1) is 0 Å². The molecule has 0 atom stereocenters. The minimum atomic E-state index is -3.83. The van der Waals surface area contributed by atoms with Gasteiger partial charge in [-0.25, -0.2) is 8.42 Å². The molecule has 0 bridgehead atoms. The van der Waals surface area contributed by atoms with Gasteiger partial charge in [-0.1, -0.05) is 23.5 Å². The molecule has 1 aromatic heterocycles. The van der Waals surface area contributed by atoms with Crippen molar-refractivity contribution in [1.82, 2.24) is 0 Å². The normalized spacial score (nSPS) is 11.4. The summed E-state index contributed by atoms with van der Waals surface area (Å²) < 4.78 is 41.4. The summed E-state index contributed by atoms with van der Waals surface area (Å²) in [5.74, 6) is 1.33. The van der Waals surface area contributed by atoms with Crippen LogP contribution in [0.25, 0.3) is 10.1 Å². The maximum absolute atomic E-state index is 12.9. The van der Waals surface area contributed by atoms with E-state index in [-0.39, 0.29) is 10.6 Å².